The molecule has 128 valence electrons. The molecule has 0 aliphatic rings. The third kappa shape index (κ3) is 15.1. The largest absolute Gasteiger partial charge is 2.00 e. The summed E-state index contributed by atoms with van der Waals surface area (Å²) in [6.45, 7) is 0.804. The molecule has 0 amide bonds. The Morgan fingerprint density at radius 3 is 2.26 bits per heavy atom. The van der Waals surface area contributed by atoms with E-state index < -0.39 is 0 Å². The average Bonchev–Trinajstić information content (AvgIpc) is 3.21. The van der Waals surface area contributed by atoms with E-state index in [4.69, 9.17) is 4.74 Å². The van der Waals surface area contributed by atoms with Crippen molar-refractivity contribution >= 4 is 5.94 Å². The van der Waals surface area contributed by atoms with Crippen molar-refractivity contribution in [3.05, 3.63) is 60.7 Å². The second-order valence-electron chi connectivity index (χ2n) is 4.81. The zero-order valence-electron chi connectivity index (χ0n) is 13.4. The van der Waals surface area contributed by atoms with Gasteiger partial charge in [0.2, 0.25) is 0 Å². The Balaban J connectivity index is 0. The molecule has 0 heterocycles. The molecule has 0 aliphatic carbocycles. The summed E-state index contributed by atoms with van der Waals surface area (Å²) in [7, 11) is 0. The normalized spacial score (nSPS) is 8.52. The summed E-state index contributed by atoms with van der Waals surface area (Å²) in [6.07, 6.45) is 8.25. The van der Waals surface area contributed by atoms with Crippen molar-refractivity contribution in [2.24, 2.45) is 0 Å². The van der Waals surface area contributed by atoms with Crippen molar-refractivity contribution in [3.63, 3.8) is 0 Å². The monoisotopic (exact) mass is 358 g/mol. The van der Waals surface area contributed by atoms with Crippen LogP contribution in [0.2, 0.25) is 0 Å². The van der Waals surface area contributed by atoms with Crippen LogP contribution in [0.3, 0.4) is 0 Å². The average molecular weight is 358 g/mol. The summed E-state index contributed by atoms with van der Waals surface area (Å²) in [6, 6.07) is 17.9. The van der Waals surface area contributed by atoms with Crippen molar-refractivity contribution < 1.29 is 32.1 Å². The molecule has 2 aromatic carbocycles. The fraction of sp³-hybridized carbons (Fsp3) is 0.368. The van der Waals surface area contributed by atoms with Crippen LogP contribution in [0.5, 0.6) is 5.75 Å². The number of allylic oxidation sites excluding steroid dienone is 1. The van der Waals surface area contributed by atoms with Gasteiger partial charge in [-0.25, -0.2) is 23.0 Å². The Bertz CT molecular complexity index is 440. The van der Waals surface area contributed by atoms with Crippen molar-refractivity contribution in [2.45, 2.75) is 38.5 Å². The second kappa shape index (κ2) is 18.5. The summed E-state index contributed by atoms with van der Waals surface area (Å²) in [5.41, 5.74) is 0. The van der Waals surface area contributed by atoms with Gasteiger partial charge in [-0.15, -0.1) is 6.07 Å². The Hall–Kier alpha value is -1.57. The summed E-state index contributed by atoms with van der Waals surface area (Å²) in [5, 5.41) is 0. The predicted molar refractivity (Wildman–Crippen MR) is 91.1 cm³/mol. The minimum atomic E-state index is 0. The van der Waals surface area contributed by atoms with Gasteiger partial charge in [0.15, 0.2) is 0 Å². The van der Waals surface area contributed by atoms with Crippen molar-refractivity contribution in [1.29, 1.82) is 0 Å². The van der Waals surface area contributed by atoms with Crippen LogP contribution in [0.25, 0.3) is 0 Å². The second-order valence-corrected chi connectivity index (χ2v) is 4.81. The molecule has 0 fully saturated rings. The number of hydrogen-bond donors (Lipinski definition) is 0. The molecule has 23 heavy (non-hydrogen) atoms. The van der Waals surface area contributed by atoms with Crippen LogP contribution < -0.4 is 4.74 Å². The van der Waals surface area contributed by atoms with Gasteiger partial charge >= 0.3 is 17.1 Å². The van der Waals surface area contributed by atoms with Crippen LogP contribution in [0.4, 0.5) is 0 Å². The number of rotatable bonds is 9. The molecule has 3 nitrogen and oxygen atoms in total. The fourth-order valence-corrected chi connectivity index (χ4v) is 1.90. The van der Waals surface area contributed by atoms with Crippen molar-refractivity contribution in [3.8, 4) is 5.75 Å². The summed E-state index contributed by atoms with van der Waals surface area (Å²) in [4.78, 5) is 9.89. The van der Waals surface area contributed by atoms with Crippen LogP contribution in [0.15, 0.2) is 60.7 Å². The quantitative estimate of drug-likeness (QED) is 0.293. The first-order valence-electron chi connectivity index (χ1n) is 7.64. The molecule has 4 heteroatoms. The van der Waals surface area contributed by atoms with Crippen LogP contribution in [0, 0.1) is 0 Å². The van der Waals surface area contributed by atoms with Crippen LogP contribution >= 0.6 is 0 Å². The van der Waals surface area contributed by atoms with Gasteiger partial charge in [-0.3, -0.25) is 0 Å². The molecule has 0 bridgehead atoms. The minimum absolute atomic E-state index is 0. The third-order valence-corrected chi connectivity index (χ3v) is 3.03. The van der Waals surface area contributed by atoms with E-state index in [0.29, 0.717) is 0 Å². The van der Waals surface area contributed by atoms with E-state index in [2.05, 4.69) is 0 Å². The maximum absolute atomic E-state index is 9.89. The third-order valence-electron chi connectivity index (χ3n) is 3.03. The van der Waals surface area contributed by atoms with Gasteiger partial charge in [-0.1, -0.05) is 19.3 Å². The summed E-state index contributed by atoms with van der Waals surface area (Å²) >= 11 is 0. The van der Waals surface area contributed by atoms with Crippen molar-refractivity contribution in [2.75, 3.05) is 6.61 Å². The number of carbonyl (C=O) groups excluding carboxylic acids is 1. The van der Waals surface area contributed by atoms with Crippen LogP contribution in [-0.2, 0) is 21.9 Å². The Labute approximate surface area is 149 Å². The van der Waals surface area contributed by atoms with Gasteiger partial charge in [0.25, 0.3) is 0 Å². The molecule has 0 saturated carbocycles. The molecule has 0 saturated heterocycles. The van der Waals surface area contributed by atoms with E-state index in [1.807, 2.05) is 54.6 Å². The van der Waals surface area contributed by atoms with E-state index in [9.17, 15) is 4.79 Å². The summed E-state index contributed by atoms with van der Waals surface area (Å²) < 4.78 is 5.53. The first-order chi connectivity index (χ1) is 10.4. The SMILES string of the molecule is O.O=C=CCCCCCCCOc1ccc[cH-]1.[Fe+2].c1cc[cH-]c1. The fourth-order valence-electron chi connectivity index (χ4n) is 1.90. The van der Waals surface area contributed by atoms with Gasteiger partial charge in [-0.2, -0.15) is 30.3 Å². The molecule has 0 spiro atoms. The van der Waals surface area contributed by atoms with Gasteiger partial charge in [0.1, 0.15) is 5.94 Å². The van der Waals surface area contributed by atoms with Gasteiger partial charge < -0.3 is 10.2 Å². The molecule has 0 atom stereocenters. The first-order valence-corrected chi connectivity index (χ1v) is 7.64. The topological polar surface area (TPSA) is 57.8 Å². The number of ether oxygens (including phenoxy) is 1. The molecule has 0 aromatic heterocycles. The molecule has 0 radical (unpaired) electrons. The van der Waals surface area contributed by atoms with Gasteiger partial charge in [-0.05, 0) is 25.3 Å². The Morgan fingerprint density at radius 2 is 1.70 bits per heavy atom. The predicted octanol–water partition coefficient (Wildman–Crippen LogP) is 4.09. The summed E-state index contributed by atoms with van der Waals surface area (Å²) in [5.74, 6) is 2.77. The van der Waals surface area contributed by atoms with Crippen LogP contribution in [-0.4, -0.2) is 18.0 Å². The van der Waals surface area contributed by atoms with E-state index in [0.717, 1.165) is 31.6 Å². The smallest absolute Gasteiger partial charge is 0.520 e. The maximum atomic E-state index is 9.89. The Morgan fingerprint density at radius 1 is 1.00 bits per heavy atom. The first kappa shape index (κ1) is 23.7. The van der Waals surface area contributed by atoms with Crippen LogP contribution in [0.1, 0.15) is 38.5 Å². The Kier molecular flexibility index (Phi) is 19.0. The molecule has 0 aliphatic heterocycles. The molecular formula is C19H26FeO3. The van der Waals surface area contributed by atoms with Crippen molar-refractivity contribution in [1.82, 2.24) is 0 Å². The standard InChI is InChI=1S/C14H19O2.C5H5.Fe.H2O/c15-12-8-4-2-1-3-5-9-13-16-14-10-6-7-11-14;1-2-4-5-3-1;;/h6-8,10-11H,1-5,9,13H2;1-5H;;1H2/q2*-1;+2;. The molecular weight excluding hydrogens is 332 g/mol. The maximum Gasteiger partial charge on any atom is 2.00 e. The molecule has 0 unspecified atom stereocenters. The molecule has 2 rings (SSSR count). The number of unbranched alkanes of at least 4 members (excludes halogenated alkanes) is 5. The molecule has 2 N–H and O–H groups in total. The molecule has 2 aromatic rings. The van der Waals surface area contributed by atoms with E-state index >= 15 is 0 Å². The van der Waals surface area contributed by atoms with E-state index in [1.54, 1.807) is 12.0 Å². The van der Waals surface area contributed by atoms with Gasteiger partial charge in [0.05, 0.1) is 6.61 Å². The minimum Gasteiger partial charge on any atom is -0.520 e. The zero-order chi connectivity index (χ0) is 15.0. The van der Waals surface area contributed by atoms with Gasteiger partial charge in [0, 0.05) is 5.75 Å². The van der Waals surface area contributed by atoms with E-state index in [1.165, 1.54) is 19.3 Å². The number of hydrogen-bond acceptors (Lipinski definition) is 2. The zero-order valence-corrected chi connectivity index (χ0v) is 14.5. The van der Waals surface area contributed by atoms with E-state index in [-0.39, 0.29) is 22.5 Å².